The molecule has 0 radical (unpaired) electrons. The Morgan fingerprint density at radius 2 is 1.42 bits per heavy atom. The van der Waals surface area contributed by atoms with Crippen molar-refractivity contribution in [3.8, 4) is 0 Å². The summed E-state index contributed by atoms with van der Waals surface area (Å²) in [6.45, 7) is 12.0. The van der Waals surface area contributed by atoms with Crippen LogP contribution in [0.15, 0.2) is 12.7 Å². The normalized spacial score (nSPS) is 13.6. The van der Waals surface area contributed by atoms with E-state index in [4.69, 9.17) is 10.2 Å². The molecule has 116 valence electrons. The number of aliphatic hydroxyl groups is 2. The molecule has 2 nitrogen and oxygen atoms in total. The number of aliphatic hydroxyl groups excluding tert-OH is 2. The lowest BCUT2D eigenvalue weighted by atomic mass is 9.95. The number of rotatable bonds is 10. The van der Waals surface area contributed by atoms with Gasteiger partial charge < -0.3 is 10.2 Å². The lowest BCUT2D eigenvalue weighted by Gasteiger charge is -2.11. The van der Waals surface area contributed by atoms with Crippen molar-refractivity contribution in [3.63, 3.8) is 0 Å². The Labute approximate surface area is 120 Å². The summed E-state index contributed by atoms with van der Waals surface area (Å²) in [6.07, 6.45) is 10.3. The highest BCUT2D eigenvalue weighted by Crippen LogP contribution is 2.17. The van der Waals surface area contributed by atoms with E-state index in [-0.39, 0.29) is 12.2 Å². The van der Waals surface area contributed by atoms with Gasteiger partial charge in [-0.2, -0.15) is 0 Å². The van der Waals surface area contributed by atoms with Gasteiger partial charge in [-0.15, -0.1) is 6.58 Å². The predicted molar refractivity (Wildman–Crippen MR) is 85.3 cm³/mol. The summed E-state index contributed by atoms with van der Waals surface area (Å²) < 4.78 is 0. The molecule has 0 aliphatic heterocycles. The van der Waals surface area contributed by atoms with Gasteiger partial charge in [-0.1, -0.05) is 59.0 Å². The Balaban J connectivity index is 0. The first-order valence-corrected chi connectivity index (χ1v) is 7.98. The van der Waals surface area contributed by atoms with Crippen molar-refractivity contribution in [1.82, 2.24) is 0 Å². The van der Waals surface area contributed by atoms with Crippen LogP contribution in [-0.4, -0.2) is 22.4 Å². The molecular weight excluding hydrogens is 236 g/mol. The quantitative estimate of drug-likeness (QED) is 0.566. The molecule has 0 aliphatic carbocycles. The number of hydrogen-bond acceptors (Lipinski definition) is 2. The maximum absolute atomic E-state index is 9.06. The first-order chi connectivity index (χ1) is 9.01. The SMILES string of the molecule is C=CCC(CCC)CCC.CCCC(O)CC(C)O. The Morgan fingerprint density at radius 1 is 0.947 bits per heavy atom. The van der Waals surface area contributed by atoms with E-state index in [0.717, 1.165) is 18.8 Å². The van der Waals surface area contributed by atoms with E-state index in [0.29, 0.717) is 6.42 Å². The van der Waals surface area contributed by atoms with Crippen molar-refractivity contribution >= 4 is 0 Å². The van der Waals surface area contributed by atoms with Gasteiger partial charge in [0, 0.05) is 0 Å². The van der Waals surface area contributed by atoms with Gasteiger partial charge in [0.05, 0.1) is 12.2 Å². The smallest absolute Gasteiger partial charge is 0.0564 e. The van der Waals surface area contributed by atoms with Gasteiger partial charge in [-0.05, 0) is 32.1 Å². The van der Waals surface area contributed by atoms with Crippen molar-refractivity contribution in [2.24, 2.45) is 5.92 Å². The van der Waals surface area contributed by atoms with Gasteiger partial charge in [-0.25, -0.2) is 0 Å². The average molecular weight is 272 g/mol. The van der Waals surface area contributed by atoms with Gasteiger partial charge in [-0.3, -0.25) is 0 Å². The monoisotopic (exact) mass is 272 g/mol. The molecule has 2 atom stereocenters. The van der Waals surface area contributed by atoms with Crippen LogP contribution < -0.4 is 0 Å². The van der Waals surface area contributed by atoms with Crippen molar-refractivity contribution in [2.75, 3.05) is 0 Å². The highest BCUT2D eigenvalue weighted by molar-refractivity contribution is 4.72. The molecule has 0 bridgehead atoms. The number of allylic oxidation sites excluding steroid dienone is 1. The first kappa shape index (κ1) is 21.0. The van der Waals surface area contributed by atoms with Crippen molar-refractivity contribution in [3.05, 3.63) is 12.7 Å². The summed E-state index contributed by atoms with van der Waals surface area (Å²) in [5.41, 5.74) is 0. The molecule has 0 aliphatic rings. The molecule has 0 aromatic heterocycles. The zero-order valence-electron chi connectivity index (χ0n) is 13.6. The summed E-state index contributed by atoms with van der Waals surface area (Å²) in [5.74, 6) is 0.910. The van der Waals surface area contributed by atoms with Crippen LogP contribution in [0, 0.1) is 5.92 Å². The van der Waals surface area contributed by atoms with E-state index in [1.165, 1.54) is 32.1 Å². The maximum atomic E-state index is 9.06. The van der Waals surface area contributed by atoms with Crippen LogP contribution in [0.4, 0.5) is 0 Å². The second-order valence-electron chi connectivity index (χ2n) is 5.49. The summed E-state index contributed by atoms with van der Waals surface area (Å²) in [5, 5.41) is 17.8. The second-order valence-corrected chi connectivity index (χ2v) is 5.49. The average Bonchev–Trinajstić information content (AvgIpc) is 2.30. The summed E-state index contributed by atoms with van der Waals surface area (Å²) in [4.78, 5) is 0. The van der Waals surface area contributed by atoms with E-state index < -0.39 is 0 Å². The van der Waals surface area contributed by atoms with E-state index in [1.807, 2.05) is 6.92 Å². The molecule has 0 rings (SSSR count). The van der Waals surface area contributed by atoms with Crippen LogP contribution in [0.2, 0.25) is 0 Å². The van der Waals surface area contributed by atoms with E-state index in [9.17, 15) is 0 Å². The van der Waals surface area contributed by atoms with Crippen LogP contribution in [0.1, 0.15) is 79.1 Å². The van der Waals surface area contributed by atoms with Gasteiger partial charge in [0.1, 0.15) is 0 Å². The minimum absolute atomic E-state index is 0.310. The van der Waals surface area contributed by atoms with Gasteiger partial charge >= 0.3 is 0 Å². The van der Waals surface area contributed by atoms with Gasteiger partial charge in [0.15, 0.2) is 0 Å². The molecule has 0 spiro atoms. The predicted octanol–water partition coefficient (Wildman–Crippen LogP) is 4.70. The van der Waals surface area contributed by atoms with E-state index in [1.54, 1.807) is 6.92 Å². The molecule has 0 saturated heterocycles. The second kappa shape index (κ2) is 15.7. The molecule has 2 N–H and O–H groups in total. The zero-order chi connectivity index (χ0) is 15.1. The van der Waals surface area contributed by atoms with Gasteiger partial charge in [0.25, 0.3) is 0 Å². The highest BCUT2D eigenvalue weighted by Gasteiger charge is 2.05. The van der Waals surface area contributed by atoms with Crippen LogP contribution in [0.25, 0.3) is 0 Å². The molecule has 0 fully saturated rings. The molecule has 0 saturated carbocycles. The minimum Gasteiger partial charge on any atom is -0.393 e. The fourth-order valence-electron chi connectivity index (χ4n) is 2.28. The molecular formula is C17H36O2. The summed E-state index contributed by atoms with van der Waals surface area (Å²) in [6, 6.07) is 0. The highest BCUT2D eigenvalue weighted by atomic mass is 16.3. The summed E-state index contributed by atoms with van der Waals surface area (Å²) >= 11 is 0. The third kappa shape index (κ3) is 17.7. The molecule has 0 aromatic carbocycles. The maximum Gasteiger partial charge on any atom is 0.0564 e. The van der Waals surface area contributed by atoms with Gasteiger partial charge in [0.2, 0.25) is 0 Å². The van der Waals surface area contributed by atoms with E-state index >= 15 is 0 Å². The molecule has 0 heterocycles. The standard InChI is InChI=1S/C10H20.C7H16O2/c1-4-7-10(8-5-2)9-6-3;1-3-4-7(9)5-6(2)8/h4,10H,1,5-9H2,2-3H3;6-9H,3-5H2,1-2H3. The Kier molecular flexibility index (Phi) is 17.3. The Hall–Kier alpha value is -0.340. The zero-order valence-corrected chi connectivity index (χ0v) is 13.6. The minimum atomic E-state index is -0.369. The lowest BCUT2D eigenvalue weighted by Crippen LogP contribution is -2.13. The lowest BCUT2D eigenvalue weighted by molar-refractivity contribution is 0.0848. The van der Waals surface area contributed by atoms with Crippen LogP contribution in [-0.2, 0) is 0 Å². The largest absolute Gasteiger partial charge is 0.393 e. The van der Waals surface area contributed by atoms with Crippen molar-refractivity contribution in [1.29, 1.82) is 0 Å². The number of hydrogen-bond donors (Lipinski definition) is 2. The summed E-state index contributed by atoms with van der Waals surface area (Å²) in [7, 11) is 0. The van der Waals surface area contributed by atoms with Crippen molar-refractivity contribution in [2.45, 2.75) is 91.3 Å². The molecule has 0 aromatic rings. The van der Waals surface area contributed by atoms with E-state index in [2.05, 4.69) is 26.5 Å². The molecule has 2 unspecified atom stereocenters. The van der Waals surface area contributed by atoms with Crippen LogP contribution in [0.3, 0.4) is 0 Å². The Morgan fingerprint density at radius 3 is 1.74 bits per heavy atom. The first-order valence-electron chi connectivity index (χ1n) is 7.98. The van der Waals surface area contributed by atoms with Crippen molar-refractivity contribution < 1.29 is 10.2 Å². The van der Waals surface area contributed by atoms with Crippen LogP contribution >= 0.6 is 0 Å². The molecule has 19 heavy (non-hydrogen) atoms. The Bertz CT molecular complexity index is 172. The molecule has 0 amide bonds. The third-order valence-electron chi connectivity index (χ3n) is 3.13. The molecule has 2 heteroatoms. The topological polar surface area (TPSA) is 40.5 Å². The fourth-order valence-corrected chi connectivity index (χ4v) is 2.28. The fraction of sp³-hybridized carbons (Fsp3) is 0.882. The third-order valence-corrected chi connectivity index (χ3v) is 3.13. The van der Waals surface area contributed by atoms with Crippen LogP contribution in [0.5, 0.6) is 0 Å².